The van der Waals surface area contributed by atoms with Crippen molar-refractivity contribution in [2.45, 2.75) is 13.3 Å². The van der Waals surface area contributed by atoms with Crippen molar-refractivity contribution < 1.29 is 9.53 Å². The highest BCUT2D eigenvalue weighted by Gasteiger charge is 2.03. The maximum absolute atomic E-state index is 11.4. The lowest BCUT2D eigenvalue weighted by atomic mass is 10.2. The molecule has 1 aromatic carbocycles. The zero-order chi connectivity index (χ0) is 10.4. The standard InChI is InChI=1S/C11H14NO2/c1-3-8-12-11(13)9-4-6-10(14-2)7-5-9/h4-6H,3,8H2,1-2H3,(H,12,13). The number of amides is 1. The van der Waals surface area contributed by atoms with Gasteiger partial charge in [0.2, 0.25) is 0 Å². The third-order valence-corrected chi connectivity index (χ3v) is 1.80. The number of nitrogens with one attached hydrogen (secondary N) is 1. The number of carbonyl (C=O) groups is 1. The molecule has 14 heavy (non-hydrogen) atoms. The van der Waals surface area contributed by atoms with Gasteiger partial charge in [0, 0.05) is 18.2 Å². The average Bonchev–Trinajstić information content (AvgIpc) is 2.26. The van der Waals surface area contributed by atoms with E-state index in [1.807, 2.05) is 6.92 Å². The van der Waals surface area contributed by atoms with Gasteiger partial charge in [-0.05, 0) is 24.6 Å². The van der Waals surface area contributed by atoms with Gasteiger partial charge in [0.1, 0.15) is 5.75 Å². The van der Waals surface area contributed by atoms with Crippen LogP contribution in [-0.2, 0) is 0 Å². The van der Waals surface area contributed by atoms with E-state index in [1.165, 1.54) is 0 Å². The van der Waals surface area contributed by atoms with Gasteiger partial charge in [-0.2, -0.15) is 0 Å². The topological polar surface area (TPSA) is 38.3 Å². The van der Waals surface area contributed by atoms with Gasteiger partial charge in [-0.3, -0.25) is 4.79 Å². The number of carbonyl (C=O) groups excluding carboxylic acids is 1. The molecule has 0 aliphatic rings. The first-order valence-electron chi connectivity index (χ1n) is 4.62. The second kappa shape index (κ2) is 5.27. The van der Waals surface area contributed by atoms with Crippen molar-refractivity contribution in [3.63, 3.8) is 0 Å². The SMILES string of the molecule is CCCNC(=O)c1c[c]c(OC)cc1. The van der Waals surface area contributed by atoms with Crippen LogP contribution >= 0.6 is 0 Å². The lowest BCUT2D eigenvalue weighted by Gasteiger charge is -2.03. The molecule has 1 N–H and O–H groups in total. The van der Waals surface area contributed by atoms with E-state index < -0.39 is 0 Å². The molecule has 3 heteroatoms. The molecule has 0 unspecified atom stereocenters. The van der Waals surface area contributed by atoms with Crippen molar-refractivity contribution in [1.82, 2.24) is 5.32 Å². The molecule has 0 heterocycles. The minimum Gasteiger partial charge on any atom is -0.496 e. The molecular weight excluding hydrogens is 178 g/mol. The molecule has 0 aliphatic carbocycles. The molecule has 0 spiro atoms. The first kappa shape index (κ1) is 10.6. The van der Waals surface area contributed by atoms with Crippen molar-refractivity contribution in [3.8, 4) is 5.75 Å². The molecule has 0 atom stereocenters. The van der Waals surface area contributed by atoms with Crippen LogP contribution in [0.25, 0.3) is 0 Å². The maximum atomic E-state index is 11.4. The second-order valence-corrected chi connectivity index (χ2v) is 2.90. The molecule has 0 bridgehead atoms. The van der Waals surface area contributed by atoms with Crippen LogP contribution in [0.3, 0.4) is 0 Å². The van der Waals surface area contributed by atoms with E-state index in [0.717, 1.165) is 6.42 Å². The van der Waals surface area contributed by atoms with Gasteiger partial charge in [-0.25, -0.2) is 0 Å². The van der Waals surface area contributed by atoms with Crippen molar-refractivity contribution in [2.75, 3.05) is 13.7 Å². The summed E-state index contributed by atoms with van der Waals surface area (Å²) in [6.07, 6.45) is 0.936. The largest absolute Gasteiger partial charge is 0.496 e. The van der Waals surface area contributed by atoms with Crippen molar-refractivity contribution >= 4 is 5.91 Å². The monoisotopic (exact) mass is 192 g/mol. The third-order valence-electron chi connectivity index (χ3n) is 1.80. The van der Waals surface area contributed by atoms with Gasteiger partial charge in [0.05, 0.1) is 7.11 Å². The van der Waals surface area contributed by atoms with Gasteiger partial charge >= 0.3 is 0 Å². The van der Waals surface area contributed by atoms with E-state index in [2.05, 4.69) is 11.4 Å². The predicted molar refractivity (Wildman–Crippen MR) is 54.5 cm³/mol. The quantitative estimate of drug-likeness (QED) is 0.787. The van der Waals surface area contributed by atoms with Crippen LogP contribution < -0.4 is 10.1 Å². The highest BCUT2D eigenvalue weighted by atomic mass is 16.5. The maximum Gasteiger partial charge on any atom is 0.251 e. The molecule has 1 radical (unpaired) electrons. The summed E-state index contributed by atoms with van der Waals surface area (Å²) in [7, 11) is 1.57. The Hall–Kier alpha value is -1.51. The van der Waals surface area contributed by atoms with Crippen LogP contribution in [0.1, 0.15) is 23.7 Å². The Bertz CT molecular complexity index is 293. The minimum atomic E-state index is -0.0641. The van der Waals surface area contributed by atoms with E-state index in [-0.39, 0.29) is 5.91 Å². The molecule has 0 saturated carbocycles. The van der Waals surface area contributed by atoms with Crippen LogP contribution in [0.5, 0.6) is 5.75 Å². The molecule has 0 aromatic heterocycles. The van der Waals surface area contributed by atoms with Gasteiger partial charge in [-0.1, -0.05) is 6.92 Å². The number of rotatable bonds is 4. The summed E-state index contributed by atoms with van der Waals surface area (Å²) in [5.41, 5.74) is 0.610. The molecular formula is C11H14NO2. The number of methoxy groups -OCH3 is 1. The number of hydrogen-bond acceptors (Lipinski definition) is 2. The Morgan fingerprint density at radius 2 is 2.36 bits per heavy atom. The van der Waals surface area contributed by atoms with E-state index in [9.17, 15) is 4.79 Å². The smallest absolute Gasteiger partial charge is 0.251 e. The fraction of sp³-hybridized carbons (Fsp3) is 0.364. The first-order valence-corrected chi connectivity index (χ1v) is 4.62. The fourth-order valence-electron chi connectivity index (χ4n) is 1.02. The van der Waals surface area contributed by atoms with E-state index in [4.69, 9.17) is 4.74 Å². The number of benzene rings is 1. The Morgan fingerprint density at radius 3 is 2.86 bits per heavy atom. The second-order valence-electron chi connectivity index (χ2n) is 2.90. The summed E-state index contributed by atoms with van der Waals surface area (Å²) in [5, 5.41) is 2.79. The summed E-state index contributed by atoms with van der Waals surface area (Å²) < 4.78 is 4.94. The predicted octanol–water partition coefficient (Wildman–Crippen LogP) is 1.64. The summed E-state index contributed by atoms with van der Waals surface area (Å²) in [6, 6.07) is 7.94. The Kier molecular flexibility index (Phi) is 3.98. The average molecular weight is 192 g/mol. The fourth-order valence-corrected chi connectivity index (χ4v) is 1.02. The van der Waals surface area contributed by atoms with E-state index in [0.29, 0.717) is 17.9 Å². The number of ether oxygens (including phenoxy) is 1. The van der Waals surface area contributed by atoms with Crippen LogP contribution in [0.4, 0.5) is 0 Å². The normalized spacial score (nSPS) is 9.57. The van der Waals surface area contributed by atoms with E-state index >= 15 is 0 Å². The minimum absolute atomic E-state index is 0.0641. The molecule has 0 saturated heterocycles. The highest BCUT2D eigenvalue weighted by Crippen LogP contribution is 2.09. The molecule has 1 aromatic rings. The van der Waals surface area contributed by atoms with Gasteiger partial charge < -0.3 is 10.1 Å². The summed E-state index contributed by atoms with van der Waals surface area (Å²) in [4.78, 5) is 11.4. The Labute approximate surface area is 84.1 Å². The zero-order valence-corrected chi connectivity index (χ0v) is 8.46. The van der Waals surface area contributed by atoms with Crippen LogP contribution in [0, 0.1) is 6.07 Å². The highest BCUT2D eigenvalue weighted by molar-refractivity contribution is 5.94. The lowest BCUT2D eigenvalue weighted by molar-refractivity contribution is 0.0953. The van der Waals surface area contributed by atoms with Gasteiger partial charge in [0.25, 0.3) is 5.91 Å². The van der Waals surface area contributed by atoms with Gasteiger partial charge in [0.15, 0.2) is 0 Å². The summed E-state index contributed by atoms with van der Waals surface area (Å²) in [5.74, 6) is 0.572. The summed E-state index contributed by atoms with van der Waals surface area (Å²) >= 11 is 0. The third kappa shape index (κ3) is 2.76. The molecule has 1 rings (SSSR count). The van der Waals surface area contributed by atoms with Crippen LogP contribution in [-0.4, -0.2) is 19.6 Å². The molecule has 0 aliphatic heterocycles. The van der Waals surface area contributed by atoms with Crippen molar-refractivity contribution in [3.05, 3.63) is 29.8 Å². The molecule has 1 amide bonds. The molecule has 0 fully saturated rings. The Balaban J connectivity index is 2.62. The van der Waals surface area contributed by atoms with Crippen molar-refractivity contribution in [1.29, 1.82) is 0 Å². The molecule has 3 nitrogen and oxygen atoms in total. The van der Waals surface area contributed by atoms with Crippen LogP contribution in [0.15, 0.2) is 18.2 Å². The molecule has 75 valence electrons. The first-order chi connectivity index (χ1) is 6.77. The van der Waals surface area contributed by atoms with E-state index in [1.54, 1.807) is 25.3 Å². The lowest BCUT2D eigenvalue weighted by Crippen LogP contribution is -2.23. The zero-order valence-electron chi connectivity index (χ0n) is 8.46. The van der Waals surface area contributed by atoms with Crippen molar-refractivity contribution in [2.24, 2.45) is 0 Å². The Morgan fingerprint density at radius 1 is 1.57 bits per heavy atom. The van der Waals surface area contributed by atoms with Gasteiger partial charge in [-0.15, -0.1) is 0 Å². The summed E-state index contributed by atoms with van der Waals surface area (Å²) in [6.45, 7) is 2.71. The van der Waals surface area contributed by atoms with Crippen LogP contribution in [0.2, 0.25) is 0 Å². The number of hydrogen-bond donors (Lipinski definition) is 1.